The molecule has 8 atom stereocenters. The van der Waals surface area contributed by atoms with Gasteiger partial charge in [-0.15, -0.1) is 0 Å². The maximum atomic E-state index is 14.6. The number of carbonyl (C=O) groups is 7. The van der Waals surface area contributed by atoms with Crippen LogP contribution in [0.3, 0.4) is 0 Å². The fourth-order valence-electron chi connectivity index (χ4n) is 8.13. The summed E-state index contributed by atoms with van der Waals surface area (Å²) in [6.45, 7) is 5.58. The highest BCUT2D eigenvalue weighted by Crippen LogP contribution is 2.30. The van der Waals surface area contributed by atoms with Crippen molar-refractivity contribution in [3.8, 4) is 0 Å². The number of esters is 1. The van der Waals surface area contributed by atoms with Gasteiger partial charge in [-0.05, 0) is 68.6 Å². The summed E-state index contributed by atoms with van der Waals surface area (Å²) < 4.78 is 5.76. The molecule has 15 nitrogen and oxygen atoms in total. The Kier molecular flexibility index (Phi) is 12.4. The molecule has 4 N–H and O–H groups in total. The summed E-state index contributed by atoms with van der Waals surface area (Å²) in [6, 6.07) is 10.8. The van der Waals surface area contributed by atoms with Crippen molar-refractivity contribution in [1.82, 2.24) is 30.7 Å². The summed E-state index contributed by atoms with van der Waals surface area (Å²) in [5, 5.41) is 11.0. The Labute approximate surface area is 320 Å². The van der Waals surface area contributed by atoms with Crippen LogP contribution in [0.1, 0.15) is 58.4 Å². The van der Waals surface area contributed by atoms with Crippen LogP contribution < -0.4 is 21.3 Å². The zero-order chi connectivity index (χ0) is 39.2. The van der Waals surface area contributed by atoms with Crippen LogP contribution >= 0.6 is 0 Å². The van der Waals surface area contributed by atoms with Gasteiger partial charge < -0.3 is 40.7 Å². The first-order valence-corrected chi connectivity index (χ1v) is 19.2. The molecular formula is C40H51N7O8. The van der Waals surface area contributed by atoms with Gasteiger partial charge in [-0.1, -0.05) is 62.4 Å². The number of para-hydroxylation sites is 1. The number of nitrogens with zero attached hydrogens (tertiary/aromatic N) is 3. The summed E-state index contributed by atoms with van der Waals surface area (Å²) in [6.07, 6.45) is 2.50. The lowest BCUT2D eigenvalue weighted by Crippen LogP contribution is -2.62. The van der Waals surface area contributed by atoms with Gasteiger partial charge in [0.25, 0.3) is 0 Å². The number of piperidine rings is 1. The number of fused-ring (bicyclic) bond motifs is 3. The maximum absolute atomic E-state index is 14.6. The highest BCUT2D eigenvalue weighted by molar-refractivity contribution is 5.98. The Bertz CT molecular complexity index is 1760. The predicted octanol–water partition coefficient (Wildman–Crippen LogP) is 1.82. The first kappa shape index (κ1) is 39.2. The van der Waals surface area contributed by atoms with E-state index in [0.717, 1.165) is 5.56 Å². The number of amides is 7. The standard InChI is InChI=1S/C40H51N7O8/c1-24-18-32-38(52)45-17-11-10-16-31(45)35(49)41-26(3)36(50)47-22-25(2)19-33(47)39(53)55-23-30(37(51)46(32)21-24)43-34(48)29(20-27-12-6-4-7-13-27)44-40(54)42-28-14-8-5-9-15-28/h4-9,12-15,24-26,29-33H,10-11,16-23H2,1-3H3,(H,41,49)(H,43,48)(H2,42,44,54)/t24?,25-,26+,29+,30+,31+,32+,33+/m1/s1. The number of anilines is 1. The summed E-state index contributed by atoms with van der Waals surface area (Å²) >= 11 is 0. The zero-order valence-corrected chi connectivity index (χ0v) is 31.6. The quantitative estimate of drug-likeness (QED) is 0.322. The minimum Gasteiger partial charge on any atom is -0.461 e. The fraction of sp³-hybridized carbons (Fsp3) is 0.525. The second-order valence-electron chi connectivity index (χ2n) is 15.4. The van der Waals surface area contributed by atoms with E-state index in [4.69, 9.17) is 4.74 Å². The largest absolute Gasteiger partial charge is 0.461 e. The van der Waals surface area contributed by atoms with Crippen LogP contribution in [0, 0.1) is 11.8 Å². The van der Waals surface area contributed by atoms with E-state index in [9.17, 15) is 33.6 Å². The summed E-state index contributed by atoms with van der Waals surface area (Å²) in [4.78, 5) is 102. The molecule has 4 heterocycles. The van der Waals surface area contributed by atoms with Crippen LogP contribution in [0.25, 0.3) is 0 Å². The molecule has 4 aliphatic heterocycles. The van der Waals surface area contributed by atoms with Gasteiger partial charge in [0.15, 0.2) is 0 Å². The first-order chi connectivity index (χ1) is 26.4. The van der Waals surface area contributed by atoms with Crippen molar-refractivity contribution >= 4 is 47.2 Å². The molecule has 7 amide bonds. The molecular weight excluding hydrogens is 706 g/mol. The molecule has 0 radical (unpaired) electrons. The minimum absolute atomic E-state index is 0.0474. The summed E-state index contributed by atoms with van der Waals surface area (Å²) in [5.74, 6) is -3.54. The Morgan fingerprint density at radius 3 is 2.11 bits per heavy atom. The number of cyclic esters (lactones) is 1. The predicted molar refractivity (Wildman–Crippen MR) is 201 cm³/mol. The summed E-state index contributed by atoms with van der Waals surface area (Å²) in [7, 11) is 0. The monoisotopic (exact) mass is 757 g/mol. The third-order valence-electron chi connectivity index (χ3n) is 10.9. The van der Waals surface area contributed by atoms with Gasteiger partial charge in [-0.25, -0.2) is 9.59 Å². The molecule has 1 unspecified atom stereocenters. The van der Waals surface area contributed by atoms with Gasteiger partial charge in [0.2, 0.25) is 29.5 Å². The highest BCUT2D eigenvalue weighted by atomic mass is 16.5. The highest BCUT2D eigenvalue weighted by Gasteiger charge is 2.47. The molecule has 4 aliphatic rings. The maximum Gasteiger partial charge on any atom is 0.328 e. The molecule has 0 aromatic heterocycles. The third-order valence-corrected chi connectivity index (χ3v) is 10.9. The third kappa shape index (κ3) is 9.26. The Morgan fingerprint density at radius 2 is 1.42 bits per heavy atom. The molecule has 2 aromatic rings. The van der Waals surface area contributed by atoms with Crippen LogP contribution in [0.2, 0.25) is 0 Å². The van der Waals surface area contributed by atoms with Gasteiger partial charge in [-0.3, -0.25) is 24.0 Å². The lowest BCUT2D eigenvalue weighted by molar-refractivity contribution is -0.158. The Morgan fingerprint density at radius 1 is 0.782 bits per heavy atom. The van der Waals surface area contributed by atoms with Crippen molar-refractivity contribution < 1.29 is 38.3 Å². The van der Waals surface area contributed by atoms with Crippen molar-refractivity contribution in [3.05, 3.63) is 66.2 Å². The van der Waals surface area contributed by atoms with Crippen molar-refractivity contribution in [1.29, 1.82) is 0 Å². The van der Waals surface area contributed by atoms with Crippen LogP contribution in [0.5, 0.6) is 0 Å². The number of hydrogen-bond donors (Lipinski definition) is 4. The molecule has 55 heavy (non-hydrogen) atoms. The van der Waals surface area contributed by atoms with Crippen LogP contribution in [0.15, 0.2) is 60.7 Å². The number of ether oxygens (including phenoxy) is 1. The average molecular weight is 758 g/mol. The number of rotatable bonds is 6. The molecule has 4 fully saturated rings. The lowest BCUT2D eigenvalue weighted by atomic mass is 9.98. The normalized spacial score (nSPS) is 28.3. The molecule has 0 bridgehead atoms. The lowest BCUT2D eigenvalue weighted by Gasteiger charge is -2.39. The van der Waals surface area contributed by atoms with Crippen LogP contribution in [-0.2, 0) is 39.9 Å². The smallest absolute Gasteiger partial charge is 0.328 e. The van der Waals surface area contributed by atoms with E-state index in [-0.39, 0.29) is 37.3 Å². The van der Waals surface area contributed by atoms with E-state index in [1.54, 1.807) is 49.4 Å². The minimum atomic E-state index is -1.44. The topological polar surface area (TPSA) is 187 Å². The van der Waals surface area contributed by atoms with Crippen molar-refractivity contribution in [3.63, 3.8) is 0 Å². The molecule has 15 heteroatoms. The number of benzene rings is 2. The number of hydrogen-bond acceptors (Lipinski definition) is 8. The van der Waals surface area contributed by atoms with Gasteiger partial charge in [0.1, 0.15) is 42.9 Å². The molecule has 0 spiro atoms. The van der Waals surface area contributed by atoms with E-state index in [1.165, 1.54) is 14.7 Å². The second kappa shape index (κ2) is 17.3. The molecule has 0 saturated carbocycles. The van der Waals surface area contributed by atoms with Gasteiger partial charge >= 0.3 is 12.0 Å². The fourth-order valence-corrected chi connectivity index (χ4v) is 8.13. The molecule has 0 aliphatic carbocycles. The number of nitrogens with one attached hydrogen (secondary N) is 4. The molecule has 294 valence electrons. The zero-order valence-electron chi connectivity index (χ0n) is 31.6. The molecule has 2 aromatic carbocycles. The SMILES string of the molecule is CC1C[C@H]2C(=O)N3CCCC[C@H]3C(=O)N[C@@H](C)C(=O)N3C[C@H](C)C[C@H]3C(=O)OC[C@H](NC(=O)[C@H](Cc3ccccc3)NC(=O)Nc3ccccc3)C(=O)N2C1. The van der Waals surface area contributed by atoms with E-state index in [1.807, 2.05) is 32.0 Å². The molecule has 6 rings (SSSR count). The van der Waals surface area contributed by atoms with Gasteiger partial charge in [0.05, 0.1) is 0 Å². The summed E-state index contributed by atoms with van der Waals surface area (Å²) in [5.41, 5.74) is 1.25. The van der Waals surface area contributed by atoms with E-state index < -0.39 is 78.5 Å². The van der Waals surface area contributed by atoms with Gasteiger partial charge in [0, 0.05) is 31.7 Å². The Hall–Kier alpha value is -5.47. The Balaban J connectivity index is 1.31. The second-order valence-corrected chi connectivity index (χ2v) is 15.4. The average Bonchev–Trinajstić information content (AvgIpc) is 3.77. The van der Waals surface area contributed by atoms with Crippen molar-refractivity contribution in [2.75, 3.05) is 31.6 Å². The van der Waals surface area contributed by atoms with Crippen molar-refractivity contribution in [2.45, 2.75) is 95.5 Å². The number of urea groups is 1. The number of carbonyl (C=O) groups excluding carboxylic acids is 7. The van der Waals surface area contributed by atoms with E-state index >= 15 is 0 Å². The van der Waals surface area contributed by atoms with Gasteiger partial charge in [-0.2, -0.15) is 0 Å². The molecule has 4 saturated heterocycles. The first-order valence-electron chi connectivity index (χ1n) is 19.2. The van der Waals surface area contributed by atoms with E-state index in [0.29, 0.717) is 44.3 Å². The van der Waals surface area contributed by atoms with Crippen molar-refractivity contribution in [2.24, 2.45) is 11.8 Å². The van der Waals surface area contributed by atoms with E-state index in [2.05, 4.69) is 21.3 Å². The van der Waals surface area contributed by atoms with Crippen LogP contribution in [0.4, 0.5) is 10.5 Å². The van der Waals surface area contributed by atoms with Crippen LogP contribution in [-0.4, -0.2) is 119 Å².